The number of imidazole rings is 1. The summed E-state index contributed by atoms with van der Waals surface area (Å²) in [5.74, 6) is 1.71. The summed E-state index contributed by atoms with van der Waals surface area (Å²) < 4.78 is 9.27. The highest BCUT2D eigenvalue weighted by atomic mass is 35.5. The van der Waals surface area contributed by atoms with Crippen molar-refractivity contribution in [2.45, 2.75) is 56.6 Å². The van der Waals surface area contributed by atoms with Crippen LogP contribution < -0.4 is 11.0 Å². The maximum Gasteiger partial charge on any atom is 0.330 e. The molecule has 5 aliphatic carbocycles. The maximum atomic E-state index is 13.6. The summed E-state index contributed by atoms with van der Waals surface area (Å²) in [7, 11) is 1.78. The van der Waals surface area contributed by atoms with Crippen LogP contribution in [0.25, 0.3) is 11.2 Å². The number of nitriles is 1. The SMILES string of the molecule is Cn1c(=O)n(C23CC4CC(CC(C#N)(C4)C2)C3)c2nc(NC3=CC4CCOC4C=C3Cl)ncc21. The van der Waals surface area contributed by atoms with Gasteiger partial charge in [0.2, 0.25) is 5.95 Å². The quantitative estimate of drug-likeness (QED) is 0.720. The molecule has 2 aromatic heterocycles. The van der Waals surface area contributed by atoms with Crippen LogP contribution in [-0.4, -0.2) is 31.8 Å². The summed E-state index contributed by atoms with van der Waals surface area (Å²) in [6.07, 6.45) is 12.5. The number of nitrogens with one attached hydrogen (secondary N) is 1. The van der Waals surface area contributed by atoms with Gasteiger partial charge in [-0.1, -0.05) is 17.7 Å². The van der Waals surface area contributed by atoms with Crippen molar-refractivity contribution in [3.05, 3.63) is 39.6 Å². The van der Waals surface area contributed by atoms with E-state index in [0.29, 0.717) is 34.0 Å². The molecule has 176 valence electrons. The van der Waals surface area contributed by atoms with E-state index in [1.54, 1.807) is 17.8 Å². The predicted molar refractivity (Wildman–Crippen MR) is 127 cm³/mol. The first kappa shape index (κ1) is 20.7. The van der Waals surface area contributed by atoms with E-state index in [1.165, 1.54) is 6.42 Å². The van der Waals surface area contributed by atoms with Crippen LogP contribution in [-0.2, 0) is 17.3 Å². The zero-order valence-electron chi connectivity index (χ0n) is 19.1. The average molecular weight is 479 g/mol. The molecule has 0 spiro atoms. The minimum absolute atomic E-state index is 0.0318. The number of fused-ring (bicyclic) bond motifs is 2. The van der Waals surface area contributed by atoms with Crippen molar-refractivity contribution in [1.29, 1.82) is 5.26 Å². The first-order chi connectivity index (χ1) is 16.4. The molecule has 9 heteroatoms. The fourth-order valence-corrected chi connectivity index (χ4v) is 8.17. The molecule has 8 rings (SSSR count). The fraction of sp³-hybridized carbons (Fsp3) is 0.600. The molecule has 1 aliphatic heterocycles. The number of nitrogens with zero attached hydrogens (tertiary/aromatic N) is 5. The first-order valence-electron chi connectivity index (χ1n) is 12.2. The normalized spacial score (nSPS) is 37.9. The summed E-state index contributed by atoms with van der Waals surface area (Å²) in [4.78, 5) is 22.9. The van der Waals surface area contributed by atoms with Gasteiger partial charge in [-0.15, -0.1) is 0 Å². The van der Waals surface area contributed by atoms with E-state index in [1.807, 2.05) is 10.6 Å². The van der Waals surface area contributed by atoms with Crippen molar-refractivity contribution < 1.29 is 4.74 Å². The summed E-state index contributed by atoms with van der Waals surface area (Å²) in [5.41, 5.74) is 1.38. The number of halogens is 1. The molecular formula is C25H27ClN6O2. The number of aromatic nitrogens is 4. The first-order valence-corrected chi connectivity index (χ1v) is 12.6. The Morgan fingerprint density at radius 2 is 2.06 bits per heavy atom. The van der Waals surface area contributed by atoms with E-state index in [9.17, 15) is 10.1 Å². The lowest BCUT2D eigenvalue weighted by Crippen LogP contribution is -2.58. The number of aryl methyl sites for hydroxylation is 1. The lowest BCUT2D eigenvalue weighted by molar-refractivity contribution is -0.0746. The van der Waals surface area contributed by atoms with Crippen molar-refractivity contribution >= 4 is 28.7 Å². The van der Waals surface area contributed by atoms with Gasteiger partial charge in [0.05, 0.1) is 40.1 Å². The number of allylic oxidation sites excluding steroid dienone is 1. The molecule has 4 bridgehead atoms. The molecule has 34 heavy (non-hydrogen) atoms. The second kappa shape index (κ2) is 6.96. The molecular weight excluding hydrogens is 452 g/mol. The Bertz CT molecular complexity index is 1370. The van der Waals surface area contributed by atoms with E-state index in [-0.39, 0.29) is 28.7 Å². The third-order valence-corrected chi connectivity index (χ3v) is 9.25. The topological polar surface area (TPSA) is 97.8 Å². The predicted octanol–water partition coefficient (Wildman–Crippen LogP) is 3.79. The monoisotopic (exact) mass is 478 g/mol. The standard InChI is InChI=1S/C25H27ClN6O2/c1-31-19-11-28-22(29-18-5-16-2-3-34-20(16)6-17(18)26)30-21(19)32(23(31)33)25-9-14-4-15(10-25)8-24(7-14,12-25)13-27/h5-6,11,14-16,20H,2-4,7-10,12H2,1H3,(H,28,29,30). The highest BCUT2D eigenvalue weighted by molar-refractivity contribution is 6.32. The van der Waals surface area contributed by atoms with Crippen molar-refractivity contribution in [3.63, 3.8) is 0 Å². The van der Waals surface area contributed by atoms with Gasteiger partial charge in [-0.3, -0.25) is 9.13 Å². The smallest absolute Gasteiger partial charge is 0.330 e. The van der Waals surface area contributed by atoms with Gasteiger partial charge in [0.15, 0.2) is 5.65 Å². The van der Waals surface area contributed by atoms with Crippen molar-refractivity contribution in [2.75, 3.05) is 11.9 Å². The van der Waals surface area contributed by atoms with Crippen LogP contribution in [0.4, 0.5) is 5.95 Å². The Kier molecular flexibility index (Phi) is 4.24. The Labute approximate surface area is 202 Å². The molecule has 1 saturated heterocycles. The Morgan fingerprint density at radius 3 is 2.82 bits per heavy atom. The van der Waals surface area contributed by atoms with Crippen LogP contribution in [0, 0.1) is 34.5 Å². The van der Waals surface area contributed by atoms with Crippen LogP contribution in [0.3, 0.4) is 0 Å². The van der Waals surface area contributed by atoms with Gasteiger partial charge in [-0.2, -0.15) is 10.2 Å². The molecule has 0 aromatic carbocycles. The van der Waals surface area contributed by atoms with E-state index >= 15 is 0 Å². The molecule has 0 amide bonds. The largest absolute Gasteiger partial charge is 0.373 e. The van der Waals surface area contributed by atoms with Crippen LogP contribution >= 0.6 is 11.6 Å². The summed E-state index contributed by atoms with van der Waals surface area (Å²) >= 11 is 6.53. The van der Waals surface area contributed by atoms with Crippen LogP contribution in [0.5, 0.6) is 0 Å². The molecule has 4 atom stereocenters. The van der Waals surface area contributed by atoms with Crippen molar-refractivity contribution in [3.8, 4) is 6.07 Å². The fourth-order valence-electron chi connectivity index (χ4n) is 7.93. The zero-order chi connectivity index (χ0) is 23.2. The maximum absolute atomic E-state index is 13.6. The third-order valence-electron chi connectivity index (χ3n) is 8.92. The lowest BCUT2D eigenvalue weighted by Gasteiger charge is -2.59. The van der Waals surface area contributed by atoms with Crippen molar-refractivity contribution in [1.82, 2.24) is 19.1 Å². The number of hydrogen-bond acceptors (Lipinski definition) is 6. The van der Waals surface area contributed by atoms with Gasteiger partial charge in [0.1, 0.15) is 5.52 Å². The molecule has 8 nitrogen and oxygen atoms in total. The number of anilines is 1. The van der Waals surface area contributed by atoms with Crippen LogP contribution in [0.2, 0.25) is 0 Å². The second-order valence-electron chi connectivity index (χ2n) is 11.2. The molecule has 1 N–H and O–H groups in total. The summed E-state index contributed by atoms with van der Waals surface area (Å²) in [6.45, 7) is 0.729. The van der Waals surface area contributed by atoms with Crippen LogP contribution in [0.1, 0.15) is 44.9 Å². The van der Waals surface area contributed by atoms with Crippen LogP contribution in [0.15, 0.2) is 33.9 Å². The van der Waals surface area contributed by atoms with Gasteiger partial charge in [-0.05, 0) is 62.9 Å². The van der Waals surface area contributed by atoms with Gasteiger partial charge in [-0.25, -0.2) is 9.78 Å². The van der Waals surface area contributed by atoms with Gasteiger partial charge in [0.25, 0.3) is 0 Å². The molecule has 2 aromatic rings. The van der Waals surface area contributed by atoms with E-state index in [2.05, 4.69) is 22.4 Å². The zero-order valence-corrected chi connectivity index (χ0v) is 19.9. The minimum atomic E-state index is -0.349. The third kappa shape index (κ3) is 2.83. The average Bonchev–Trinajstić information content (AvgIpc) is 3.35. The molecule has 4 saturated carbocycles. The molecule has 4 unspecified atom stereocenters. The Hall–Kier alpha value is -2.63. The number of rotatable bonds is 3. The molecule has 0 radical (unpaired) electrons. The van der Waals surface area contributed by atoms with Gasteiger partial charge in [0, 0.05) is 19.6 Å². The Morgan fingerprint density at radius 1 is 1.26 bits per heavy atom. The van der Waals surface area contributed by atoms with Gasteiger partial charge >= 0.3 is 5.69 Å². The number of hydrogen-bond donors (Lipinski definition) is 1. The lowest BCUT2D eigenvalue weighted by atomic mass is 9.47. The highest BCUT2D eigenvalue weighted by Gasteiger charge is 2.59. The van der Waals surface area contributed by atoms with Gasteiger partial charge < -0.3 is 10.1 Å². The second-order valence-corrected chi connectivity index (χ2v) is 11.6. The molecule has 5 fully saturated rings. The van der Waals surface area contributed by atoms with E-state index in [4.69, 9.17) is 21.3 Å². The van der Waals surface area contributed by atoms with E-state index in [0.717, 1.165) is 50.8 Å². The van der Waals surface area contributed by atoms with E-state index < -0.39 is 0 Å². The molecule has 6 aliphatic rings. The minimum Gasteiger partial charge on any atom is -0.373 e. The highest BCUT2D eigenvalue weighted by Crippen LogP contribution is 2.64. The van der Waals surface area contributed by atoms with Crippen molar-refractivity contribution in [2.24, 2.45) is 30.2 Å². The number of ether oxygens (including phenoxy) is 1. The summed E-state index contributed by atoms with van der Waals surface area (Å²) in [5, 5.41) is 14.0. The Balaban J connectivity index is 1.32. The summed E-state index contributed by atoms with van der Waals surface area (Å²) in [6, 6.07) is 2.66. The molecule has 3 heterocycles.